The number of aryl methyl sites for hydroxylation is 1. The lowest BCUT2D eigenvalue weighted by Crippen LogP contribution is -2.30. The van der Waals surface area contributed by atoms with Gasteiger partial charge in [0, 0.05) is 6.54 Å². The van der Waals surface area contributed by atoms with E-state index in [1.165, 1.54) is 11.6 Å². The van der Waals surface area contributed by atoms with Crippen LogP contribution in [0.15, 0.2) is 42.1 Å². The minimum Gasteiger partial charge on any atom is -0.486 e. The molecule has 5 nitrogen and oxygen atoms in total. The third-order valence-corrected chi connectivity index (χ3v) is 4.68. The van der Waals surface area contributed by atoms with Gasteiger partial charge in [-0.15, -0.1) is 0 Å². The third kappa shape index (κ3) is 4.26. The molecule has 3 amide bonds. The van der Waals surface area contributed by atoms with Gasteiger partial charge in [-0.05, 0) is 43.2 Å². The first-order chi connectivity index (χ1) is 12.9. The molecule has 2 aromatic rings. The second kappa shape index (κ2) is 8.03. The summed E-state index contributed by atoms with van der Waals surface area (Å²) < 4.78 is 5.76. The maximum atomic E-state index is 12.2. The number of nitrogens with zero attached hydrogens (tertiary/aromatic N) is 1. The van der Waals surface area contributed by atoms with E-state index in [0.717, 1.165) is 10.5 Å². The van der Waals surface area contributed by atoms with Gasteiger partial charge in [0.2, 0.25) is 0 Å². The molecule has 1 N–H and O–H groups in total. The molecule has 0 spiro atoms. The van der Waals surface area contributed by atoms with Gasteiger partial charge in [-0.1, -0.05) is 53.0 Å². The number of carbonyl (C=O) groups is 2. The van der Waals surface area contributed by atoms with Crippen LogP contribution < -0.4 is 10.1 Å². The largest absolute Gasteiger partial charge is 0.486 e. The van der Waals surface area contributed by atoms with Gasteiger partial charge in [-0.25, -0.2) is 4.79 Å². The summed E-state index contributed by atoms with van der Waals surface area (Å²) in [6, 6.07) is 10.8. The van der Waals surface area contributed by atoms with Crippen LogP contribution in [0.4, 0.5) is 4.79 Å². The normalized spacial score (nSPS) is 15.4. The lowest BCUT2D eigenvalue weighted by atomic mass is 10.1. The average Bonchev–Trinajstić information content (AvgIpc) is 2.88. The van der Waals surface area contributed by atoms with Gasteiger partial charge in [0.15, 0.2) is 5.75 Å². The van der Waals surface area contributed by atoms with Gasteiger partial charge in [0.25, 0.3) is 5.91 Å². The van der Waals surface area contributed by atoms with Crippen LogP contribution in [0.1, 0.15) is 23.6 Å². The predicted octanol–water partition coefficient (Wildman–Crippen LogP) is 4.79. The van der Waals surface area contributed by atoms with Crippen LogP contribution in [0, 0.1) is 6.92 Å². The van der Waals surface area contributed by atoms with E-state index < -0.39 is 6.03 Å². The molecule has 1 fully saturated rings. The summed E-state index contributed by atoms with van der Waals surface area (Å²) in [5.41, 5.74) is 2.94. The summed E-state index contributed by atoms with van der Waals surface area (Å²) in [4.78, 5) is 25.0. The van der Waals surface area contributed by atoms with Crippen molar-refractivity contribution < 1.29 is 14.3 Å². The number of likely N-dealkylation sites (N-methyl/N-ethyl adjacent to an activating group) is 1. The number of ether oxygens (including phenoxy) is 1. The SMILES string of the molecule is CCN1C(=O)N/C(=C/c2cc(Cl)c(OCc3ccc(C)cc3)c(Cl)c2)C1=O. The zero-order valence-electron chi connectivity index (χ0n) is 14.9. The minimum absolute atomic E-state index is 0.183. The molecule has 140 valence electrons. The topological polar surface area (TPSA) is 58.6 Å². The molecule has 0 radical (unpaired) electrons. The fourth-order valence-electron chi connectivity index (χ4n) is 2.67. The predicted molar refractivity (Wildman–Crippen MR) is 106 cm³/mol. The van der Waals surface area contributed by atoms with E-state index in [4.69, 9.17) is 27.9 Å². The lowest BCUT2D eigenvalue weighted by Gasteiger charge is -2.11. The van der Waals surface area contributed by atoms with E-state index in [0.29, 0.717) is 34.5 Å². The Balaban J connectivity index is 1.79. The quantitative estimate of drug-likeness (QED) is 0.575. The Hall–Kier alpha value is -2.50. The van der Waals surface area contributed by atoms with Gasteiger partial charge >= 0.3 is 6.03 Å². The molecule has 1 heterocycles. The van der Waals surface area contributed by atoms with Crippen molar-refractivity contribution in [2.24, 2.45) is 0 Å². The molecule has 0 aliphatic carbocycles. The number of nitrogens with one attached hydrogen (secondary N) is 1. The Bertz CT molecular complexity index is 900. The molecule has 0 unspecified atom stereocenters. The van der Waals surface area contributed by atoms with Crippen molar-refractivity contribution in [3.63, 3.8) is 0 Å². The molecule has 7 heteroatoms. The highest BCUT2D eigenvalue weighted by atomic mass is 35.5. The van der Waals surface area contributed by atoms with E-state index in [1.807, 2.05) is 31.2 Å². The number of urea groups is 1. The first-order valence-electron chi connectivity index (χ1n) is 8.41. The fourth-order valence-corrected chi connectivity index (χ4v) is 3.28. The van der Waals surface area contributed by atoms with Crippen molar-refractivity contribution >= 4 is 41.2 Å². The summed E-state index contributed by atoms with van der Waals surface area (Å²) in [6.07, 6.45) is 1.54. The van der Waals surface area contributed by atoms with Crippen molar-refractivity contribution in [3.05, 3.63) is 68.8 Å². The molecule has 0 saturated carbocycles. The standard InChI is InChI=1S/C20H18Cl2N2O3/c1-3-24-19(25)17(23-20(24)26)10-14-8-15(21)18(16(22)9-14)27-11-13-6-4-12(2)5-7-13/h4-10H,3,11H2,1-2H3,(H,23,26)/b17-10+. The third-order valence-electron chi connectivity index (χ3n) is 4.11. The summed E-state index contributed by atoms with van der Waals surface area (Å²) in [5, 5.41) is 3.19. The zero-order valence-corrected chi connectivity index (χ0v) is 16.4. The molecule has 1 saturated heterocycles. The van der Waals surface area contributed by atoms with E-state index >= 15 is 0 Å². The van der Waals surface area contributed by atoms with Crippen LogP contribution in [0.5, 0.6) is 5.75 Å². The van der Waals surface area contributed by atoms with Crippen molar-refractivity contribution in [1.29, 1.82) is 0 Å². The van der Waals surface area contributed by atoms with E-state index in [1.54, 1.807) is 19.1 Å². The Morgan fingerprint density at radius 3 is 2.30 bits per heavy atom. The first kappa shape index (κ1) is 19.3. The van der Waals surface area contributed by atoms with Crippen LogP contribution in [0.3, 0.4) is 0 Å². The number of carbonyl (C=O) groups excluding carboxylic acids is 2. The summed E-state index contributed by atoms with van der Waals surface area (Å²) in [5.74, 6) is -0.00697. The average molecular weight is 405 g/mol. The molecule has 2 aromatic carbocycles. The van der Waals surface area contributed by atoms with Crippen LogP contribution in [0.2, 0.25) is 10.0 Å². The number of rotatable bonds is 5. The Morgan fingerprint density at radius 2 is 1.74 bits per heavy atom. The number of halogens is 2. The van der Waals surface area contributed by atoms with Crippen LogP contribution in [-0.2, 0) is 11.4 Å². The molecule has 3 rings (SSSR count). The van der Waals surface area contributed by atoms with Crippen molar-refractivity contribution in [3.8, 4) is 5.75 Å². The number of hydrogen-bond acceptors (Lipinski definition) is 3. The Morgan fingerprint density at radius 1 is 1.11 bits per heavy atom. The highest BCUT2D eigenvalue weighted by molar-refractivity contribution is 6.37. The fraction of sp³-hybridized carbons (Fsp3) is 0.200. The van der Waals surface area contributed by atoms with Crippen LogP contribution >= 0.6 is 23.2 Å². The highest BCUT2D eigenvalue weighted by Gasteiger charge is 2.32. The minimum atomic E-state index is -0.441. The van der Waals surface area contributed by atoms with Gasteiger partial charge in [0.05, 0.1) is 10.0 Å². The molecular weight excluding hydrogens is 387 g/mol. The van der Waals surface area contributed by atoms with Crippen molar-refractivity contribution in [2.75, 3.05) is 6.54 Å². The van der Waals surface area contributed by atoms with E-state index in [-0.39, 0.29) is 11.6 Å². The molecule has 0 bridgehead atoms. The molecule has 0 atom stereocenters. The lowest BCUT2D eigenvalue weighted by molar-refractivity contribution is -0.122. The van der Waals surface area contributed by atoms with E-state index in [2.05, 4.69) is 5.32 Å². The molecule has 1 aliphatic rings. The Labute approximate surface area is 167 Å². The summed E-state index contributed by atoms with van der Waals surface area (Å²) in [6.45, 7) is 4.38. The second-order valence-electron chi connectivity index (χ2n) is 6.13. The van der Waals surface area contributed by atoms with Crippen LogP contribution in [0.25, 0.3) is 6.08 Å². The maximum absolute atomic E-state index is 12.2. The smallest absolute Gasteiger partial charge is 0.328 e. The van der Waals surface area contributed by atoms with Crippen molar-refractivity contribution in [2.45, 2.75) is 20.5 Å². The Kier molecular flexibility index (Phi) is 5.73. The first-order valence-corrected chi connectivity index (χ1v) is 9.16. The van der Waals surface area contributed by atoms with Gasteiger partial charge in [-0.3, -0.25) is 9.69 Å². The number of hydrogen-bond donors (Lipinski definition) is 1. The van der Waals surface area contributed by atoms with Gasteiger partial charge in [-0.2, -0.15) is 0 Å². The number of imide groups is 1. The second-order valence-corrected chi connectivity index (χ2v) is 6.94. The van der Waals surface area contributed by atoms with E-state index in [9.17, 15) is 9.59 Å². The molecular formula is C20H18Cl2N2O3. The molecule has 1 aliphatic heterocycles. The monoisotopic (exact) mass is 404 g/mol. The van der Waals surface area contributed by atoms with Gasteiger partial charge in [0.1, 0.15) is 12.3 Å². The summed E-state index contributed by atoms with van der Waals surface area (Å²) in [7, 11) is 0. The van der Waals surface area contributed by atoms with Crippen LogP contribution in [-0.4, -0.2) is 23.4 Å². The summed E-state index contributed by atoms with van der Waals surface area (Å²) >= 11 is 12.6. The molecule has 27 heavy (non-hydrogen) atoms. The van der Waals surface area contributed by atoms with Gasteiger partial charge < -0.3 is 10.1 Å². The zero-order chi connectivity index (χ0) is 19.6. The number of amides is 3. The maximum Gasteiger partial charge on any atom is 0.328 e. The molecule has 0 aromatic heterocycles. The number of benzene rings is 2. The van der Waals surface area contributed by atoms with Crippen molar-refractivity contribution in [1.82, 2.24) is 10.2 Å². The highest BCUT2D eigenvalue weighted by Crippen LogP contribution is 2.35.